The third kappa shape index (κ3) is 5.88. The predicted molar refractivity (Wildman–Crippen MR) is 101 cm³/mol. The van der Waals surface area contributed by atoms with E-state index < -0.39 is 6.10 Å². The van der Waals surface area contributed by atoms with E-state index in [0.717, 1.165) is 37.8 Å². The van der Waals surface area contributed by atoms with Gasteiger partial charge in [0, 0.05) is 26.7 Å². The van der Waals surface area contributed by atoms with Gasteiger partial charge >= 0.3 is 0 Å². The molecule has 146 valence electrons. The van der Waals surface area contributed by atoms with Gasteiger partial charge in [0.15, 0.2) is 17.6 Å². The topological polar surface area (TPSA) is 71.0 Å². The summed E-state index contributed by atoms with van der Waals surface area (Å²) in [5.41, 5.74) is 1.11. The molecule has 1 unspecified atom stereocenters. The number of likely N-dealkylation sites (N-methyl/N-ethyl adjacent to an activating group) is 1. The van der Waals surface area contributed by atoms with Crippen molar-refractivity contribution in [3.8, 4) is 11.5 Å². The third-order valence-corrected chi connectivity index (χ3v) is 4.69. The van der Waals surface area contributed by atoms with Crippen LogP contribution in [0.3, 0.4) is 0 Å². The van der Waals surface area contributed by atoms with Crippen molar-refractivity contribution in [3.63, 3.8) is 0 Å². The van der Waals surface area contributed by atoms with Crippen molar-refractivity contribution in [1.29, 1.82) is 0 Å². The van der Waals surface area contributed by atoms with Crippen LogP contribution in [0.4, 0.5) is 0 Å². The summed E-state index contributed by atoms with van der Waals surface area (Å²) in [6, 6.07) is 6.28. The molecular weight excluding hydrogens is 332 g/mol. The summed E-state index contributed by atoms with van der Waals surface area (Å²) in [6.45, 7) is 4.94. The molecule has 6 nitrogen and oxygen atoms in total. The third-order valence-electron chi connectivity index (χ3n) is 4.69. The van der Waals surface area contributed by atoms with Crippen molar-refractivity contribution >= 4 is 5.91 Å². The first kappa shape index (κ1) is 20.5. The molecule has 1 atom stereocenters. The molecule has 1 saturated carbocycles. The highest BCUT2D eigenvalue weighted by atomic mass is 16.5. The monoisotopic (exact) mass is 364 g/mol. The van der Waals surface area contributed by atoms with Crippen molar-refractivity contribution in [2.24, 2.45) is 0 Å². The molecule has 1 aromatic rings. The number of carbonyl (C=O) groups excluding carboxylic acids is 1. The summed E-state index contributed by atoms with van der Waals surface area (Å²) in [4.78, 5) is 13.5. The summed E-state index contributed by atoms with van der Waals surface area (Å²) in [5, 5.41) is 13.2. The molecular formula is C20H32N2O4. The van der Waals surface area contributed by atoms with Gasteiger partial charge in [0.25, 0.3) is 5.91 Å². The fourth-order valence-electron chi connectivity index (χ4n) is 3.17. The minimum absolute atomic E-state index is 0.0855. The molecule has 2 rings (SSSR count). The molecule has 0 radical (unpaired) electrons. The number of hydrogen-bond donors (Lipinski definition) is 2. The zero-order chi connectivity index (χ0) is 19.1. The van der Waals surface area contributed by atoms with Crippen LogP contribution in [-0.2, 0) is 11.3 Å². The Morgan fingerprint density at radius 2 is 1.96 bits per heavy atom. The van der Waals surface area contributed by atoms with E-state index in [1.807, 2.05) is 25.1 Å². The Bertz CT molecular complexity index is 583. The van der Waals surface area contributed by atoms with E-state index in [4.69, 9.17) is 9.47 Å². The molecule has 2 N–H and O–H groups in total. The van der Waals surface area contributed by atoms with Crippen LogP contribution >= 0.6 is 0 Å². The Labute approximate surface area is 156 Å². The second-order valence-electron chi connectivity index (χ2n) is 7.09. The number of rotatable bonds is 8. The number of benzene rings is 1. The van der Waals surface area contributed by atoms with Crippen LogP contribution in [0.1, 0.15) is 45.1 Å². The number of nitrogens with one attached hydrogen (secondary N) is 1. The lowest BCUT2D eigenvalue weighted by molar-refractivity contribution is -0.135. The van der Waals surface area contributed by atoms with E-state index in [2.05, 4.69) is 5.32 Å². The quantitative estimate of drug-likeness (QED) is 0.741. The maximum atomic E-state index is 12.0. The minimum atomic E-state index is -0.568. The molecule has 1 amide bonds. The summed E-state index contributed by atoms with van der Waals surface area (Å²) >= 11 is 0. The van der Waals surface area contributed by atoms with Gasteiger partial charge in [0.2, 0.25) is 0 Å². The lowest BCUT2D eigenvalue weighted by atomic mass is 9.93. The fraction of sp³-hybridized carbons (Fsp3) is 0.650. The van der Waals surface area contributed by atoms with Crippen LogP contribution in [0.2, 0.25) is 0 Å². The molecule has 6 heteroatoms. The van der Waals surface area contributed by atoms with Crippen molar-refractivity contribution in [2.45, 2.75) is 64.3 Å². The largest absolute Gasteiger partial charge is 0.490 e. The number of ether oxygens (including phenoxy) is 2. The summed E-state index contributed by atoms with van der Waals surface area (Å²) in [5.74, 6) is 1.15. The molecule has 1 fully saturated rings. The van der Waals surface area contributed by atoms with Crippen molar-refractivity contribution in [2.75, 3.05) is 20.7 Å². The van der Waals surface area contributed by atoms with Crippen molar-refractivity contribution in [1.82, 2.24) is 10.2 Å². The second kappa shape index (κ2) is 9.78. The normalized spacial score (nSPS) is 21.1. The Kier molecular flexibility index (Phi) is 7.72. The Hall–Kier alpha value is -1.79. The molecule has 0 saturated heterocycles. The van der Waals surface area contributed by atoms with Gasteiger partial charge in [0.1, 0.15) is 0 Å². The van der Waals surface area contributed by atoms with Crippen LogP contribution in [-0.4, -0.2) is 54.9 Å². The molecule has 0 aromatic heterocycles. The average molecular weight is 364 g/mol. The Balaban J connectivity index is 1.99. The van der Waals surface area contributed by atoms with Crippen LogP contribution in [0.5, 0.6) is 11.5 Å². The maximum Gasteiger partial charge on any atom is 0.262 e. The van der Waals surface area contributed by atoms with E-state index in [0.29, 0.717) is 24.1 Å². The molecule has 1 aliphatic carbocycles. The molecule has 0 bridgehead atoms. The fourth-order valence-corrected chi connectivity index (χ4v) is 3.17. The summed E-state index contributed by atoms with van der Waals surface area (Å²) in [6.07, 6.45) is 3.04. The maximum absolute atomic E-state index is 12.0. The number of aliphatic hydroxyl groups excluding tert-OH is 1. The first-order valence-corrected chi connectivity index (χ1v) is 9.45. The lowest BCUT2D eigenvalue weighted by Gasteiger charge is -2.26. The van der Waals surface area contributed by atoms with Gasteiger partial charge in [-0.1, -0.05) is 6.07 Å². The second-order valence-corrected chi connectivity index (χ2v) is 7.09. The van der Waals surface area contributed by atoms with Crippen LogP contribution in [0.15, 0.2) is 18.2 Å². The molecule has 0 spiro atoms. The average Bonchev–Trinajstić information content (AvgIpc) is 2.62. The SMILES string of the molecule is CCOc1cc(CNC2CCC(O)CC2)ccc1OC(C)C(=O)N(C)C. The van der Waals surface area contributed by atoms with Crippen molar-refractivity contribution < 1.29 is 19.4 Å². The highest BCUT2D eigenvalue weighted by Gasteiger charge is 2.20. The van der Waals surface area contributed by atoms with Gasteiger partial charge in [-0.25, -0.2) is 0 Å². The lowest BCUT2D eigenvalue weighted by Crippen LogP contribution is -2.35. The van der Waals surface area contributed by atoms with Gasteiger partial charge in [0.05, 0.1) is 12.7 Å². The van der Waals surface area contributed by atoms with Crippen LogP contribution in [0, 0.1) is 0 Å². The number of amides is 1. The smallest absolute Gasteiger partial charge is 0.262 e. The van der Waals surface area contributed by atoms with E-state index in [1.165, 1.54) is 4.90 Å². The zero-order valence-electron chi connectivity index (χ0n) is 16.3. The van der Waals surface area contributed by atoms with Crippen LogP contribution in [0.25, 0.3) is 0 Å². The summed E-state index contributed by atoms with van der Waals surface area (Å²) in [7, 11) is 3.43. The highest BCUT2D eigenvalue weighted by Crippen LogP contribution is 2.30. The van der Waals surface area contributed by atoms with E-state index >= 15 is 0 Å². The highest BCUT2D eigenvalue weighted by molar-refractivity contribution is 5.80. The number of carbonyl (C=O) groups is 1. The van der Waals surface area contributed by atoms with Crippen LogP contribution < -0.4 is 14.8 Å². The molecule has 1 aliphatic rings. The molecule has 0 heterocycles. The standard InChI is InChI=1S/C20H32N2O4/c1-5-25-19-12-15(13-21-16-7-9-17(23)10-8-16)6-11-18(19)26-14(2)20(24)22(3)4/h6,11-12,14,16-17,21,23H,5,7-10,13H2,1-4H3. The van der Waals surface area contributed by atoms with Gasteiger partial charge < -0.3 is 24.8 Å². The van der Waals surface area contributed by atoms with E-state index in [-0.39, 0.29) is 12.0 Å². The summed E-state index contributed by atoms with van der Waals surface area (Å²) < 4.78 is 11.5. The minimum Gasteiger partial charge on any atom is -0.490 e. The first-order chi connectivity index (χ1) is 12.4. The van der Waals surface area contributed by atoms with E-state index in [1.54, 1.807) is 21.0 Å². The molecule has 1 aromatic carbocycles. The van der Waals surface area contributed by atoms with Crippen molar-refractivity contribution in [3.05, 3.63) is 23.8 Å². The number of aliphatic hydroxyl groups is 1. The Morgan fingerprint density at radius 3 is 2.58 bits per heavy atom. The Morgan fingerprint density at radius 1 is 1.27 bits per heavy atom. The first-order valence-electron chi connectivity index (χ1n) is 9.45. The van der Waals surface area contributed by atoms with Gasteiger partial charge in [-0.05, 0) is 57.2 Å². The predicted octanol–water partition coefficient (Wildman–Crippen LogP) is 2.33. The van der Waals surface area contributed by atoms with Gasteiger partial charge in [-0.3, -0.25) is 4.79 Å². The molecule has 0 aliphatic heterocycles. The van der Waals surface area contributed by atoms with E-state index in [9.17, 15) is 9.90 Å². The van der Waals surface area contributed by atoms with Gasteiger partial charge in [-0.15, -0.1) is 0 Å². The van der Waals surface area contributed by atoms with Gasteiger partial charge in [-0.2, -0.15) is 0 Å². The number of hydrogen-bond acceptors (Lipinski definition) is 5. The zero-order valence-corrected chi connectivity index (χ0v) is 16.3. The number of nitrogens with zero attached hydrogens (tertiary/aromatic N) is 1. The molecule has 26 heavy (non-hydrogen) atoms.